The lowest BCUT2D eigenvalue weighted by molar-refractivity contribution is 0.0515. The molecule has 2 aromatic carbocycles. The largest absolute Gasteiger partial charge is 0.372 e. The smallest absolute Gasteiger partial charge is 0.188 e. The van der Waals surface area contributed by atoms with Crippen molar-refractivity contribution in [3.63, 3.8) is 0 Å². The van der Waals surface area contributed by atoms with E-state index in [4.69, 9.17) is 19.7 Å². The van der Waals surface area contributed by atoms with Gasteiger partial charge >= 0.3 is 0 Å². The van der Waals surface area contributed by atoms with E-state index in [9.17, 15) is 5.11 Å². The summed E-state index contributed by atoms with van der Waals surface area (Å²) in [7, 11) is 1.65. The number of aliphatic hydroxyl groups is 1. The summed E-state index contributed by atoms with van der Waals surface area (Å²) >= 11 is 0. The zero-order valence-electron chi connectivity index (χ0n) is 22.1. The van der Waals surface area contributed by atoms with E-state index in [1.54, 1.807) is 13.3 Å². The Hall–Kier alpha value is -4.56. The number of aromatic nitrogens is 3. The van der Waals surface area contributed by atoms with Crippen LogP contribution >= 0.6 is 0 Å². The molecule has 198 valence electrons. The molecule has 5 aromatic rings. The topological polar surface area (TPSA) is 83.7 Å². The molecular weight excluding hydrogens is 498 g/mol. The molecule has 6 rings (SSSR count). The number of nitrogens with zero attached hydrogens (tertiary/aromatic N) is 5. The average molecular weight is 528 g/mol. The minimum Gasteiger partial charge on any atom is -0.372 e. The predicted octanol–water partition coefficient (Wildman–Crippen LogP) is 5.50. The third kappa shape index (κ3) is 4.94. The highest BCUT2D eigenvalue weighted by Gasteiger charge is 2.45. The van der Waals surface area contributed by atoms with Gasteiger partial charge in [-0.05, 0) is 36.4 Å². The van der Waals surface area contributed by atoms with Crippen molar-refractivity contribution >= 4 is 5.71 Å². The lowest BCUT2D eigenvalue weighted by atomic mass is 9.87. The van der Waals surface area contributed by atoms with Gasteiger partial charge in [0.25, 0.3) is 0 Å². The molecule has 4 heterocycles. The summed E-state index contributed by atoms with van der Waals surface area (Å²) in [4.78, 5) is 21.6. The Labute approximate surface area is 233 Å². The van der Waals surface area contributed by atoms with Crippen LogP contribution in [0.4, 0.5) is 0 Å². The van der Waals surface area contributed by atoms with Crippen molar-refractivity contribution in [3.05, 3.63) is 139 Å². The number of aliphatic imine (C=N–C) groups is 1. The van der Waals surface area contributed by atoms with Crippen LogP contribution in [0.2, 0.25) is 0 Å². The van der Waals surface area contributed by atoms with Gasteiger partial charge in [-0.2, -0.15) is 0 Å². The molecule has 1 N–H and O–H groups in total. The van der Waals surface area contributed by atoms with Gasteiger partial charge in [-0.1, -0.05) is 78.9 Å². The van der Waals surface area contributed by atoms with E-state index in [1.807, 2.05) is 120 Å². The summed E-state index contributed by atoms with van der Waals surface area (Å²) in [5, 5.41) is 12.8. The van der Waals surface area contributed by atoms with Gasteiger partial charge in [-0.15, -0.1) is 0 Å². The van der Waals surface area contributed by atoms with Crippen LogP contribution in [0.15, 0.2) is 126 Å². The number of methoxy groups -OCH3 is 1. The van der Waals surface area contributed by atoms with E-state index in [-0.39, 0.29) is 0 Å². The maximum Gasteiger partial charge on any atom is 0.188 e. The predicted molar refractivity (Wildman–Crippen MR) is 155 cm³/mol. The zero-order chi connectivity index (χ0) is 27.4. The quantitative estimate of drug-likeness (QED) is 0.287. The molecule has 1 aliphatic rings. The van der Waals surface area contributed by atoms with Crippen molar-refractivity contribution in [3.8, 4) is 22.5 Å². The molecule has 0 bridgehead atoms. The molecular formula is C33H29N5O2. The number of pyridine rings is 3. The maximum atomic E-state index is 12.8. The minimum atomic E-state index is -1.70. The van der Waals surface area contributed by atoms with Crippen molar-refractivity contribution < 1.29 is 9.84 Å². The molecule has 0 fully saturated rings. The third-order valence-corrected chi connectivity index (χ3v) is 7.02. The average Bonchev–Trinajstić information content (AvgIpc) is 3.46. The van der Waals surface area contributed by atoms with Crippen LogP contribution < -0.4 is 0 Å². The van der Waals surface area contributed by atoms with Crippen molar-refractivity contribution in [2.75, 3.05) is 20.4 Å². The summed E-state index contributed by atoms with van der Waals surface area (Å²) in [6, 6.07) is 37.0. The van der Waals surface area contributed by atoms with E-state index < -0.39 is 11.8 Å². The van der Waals surface area contributed by atoms with Gasteiger partial charge in [0.15, 0.2) is 5.60 Å². The number of hydrogen-bond acceptors (Lipinski definition) is 7. The lowest BCUT2D eigenvalue weighted by Crippen LogP contribution is -2.42. The number of rotatable bonds is 8. The molecule has 40 heavy (non-hydrogen) atoms. The van der Waals surface area contributed by atoms with Gasteiger partial charge in [0, 0.05) is 31.0 Å². The van der Waals surface area contributed by atoms with Crippen LogP contribution in [-0.2, 0) is 10.3 Å². The highest BCUT2D eigenvalue weighted by molar-refractivity contribution is 5.98. The Balaban J connectivity index is 1.52. The summed E-state index contributed by atoms with van der Waals surface area (Å²) in [6.07, 6.45) is 1.33. The lowest BCUT2D eigenvalue weighted by Gasteiger charge is -2.29. The van der Waals surface area contributed by atoms with Crippen molar-refractivity contribution in [2.24, 2.45) is 4.99 Å². The molecule has 0 amide bonds. The third-order valence-electron chi connectivity index (χ3n) is 7.02. The molecule has 0 radical (unpaired) electrons. The van der Waals surface area contributed by atoms with Gasteiger partial charge < -0.3 is 9.84 Å². The van der Waals surface area contributed by atoms with Crippen molar-refractivity contribution in [1.29, 1.82) is 0 Å². The highest BCUT2D eigenvalue weighted by atomic mass is 16.5. The summed E-state index contributed by atoms with van der Waals surface area (Å²) in [6.45, 7) is 0.666. The molecule has 0 saturated carbocycles. The van der Waals surface area contributed by atoms with Crippen LogP contribution in [-0.4, -0.2) is 51.1 Å². The first-order valence-corrected chi connectivity index (χ1v) is 13.2. The fourth-order valence-electron chi connectivity index (χ4n) is 5.06. The molecule has 7 nitrogen and oxygen atoms in total. The normalized spacial score (nSPS) is 15.7. The second-order valence-electron chi connectivity index (χ2n) is 9.63. The first-order chi connectivity index (χ1) is 19.7. The molecule has 0 aliphatic carbocycles. The highest BCUT2D eigenvalue weighted by Crippen LogP contribution is 2.37. The van der Waals surface area contributed by atoms with Crippen LogP contribution in [0, 0.1) is 0 Å². The molecule has 1 unspecified atom stereocenters. The summed E-state index contributed by atoms with van der Waals surface area (Å²) in [5.41, 5.74) is 3.91. The zero-order valence-corrected chi connectivity index (χ0v) is 22.1. The Morgan fingerprint density at radius 2 is 1.32 bits per heavy atom. The van der Waals surface area contributed by atoms with E-state index in [0.717, 1.165) is 28.2 Å². The van der Waals surface area contributed by atoms with E-state index in [1.165, 1.54) is 0 Å². The molecule has 3 aromatic heterocycles. The second-order valence-corrected chi connectivity index (χ2v) is 9.63. The molecule has 0 saturated heterocycles. The van der Waals surface area contributed by atoms with Crippen LogP contribution in [0.5, 0.6) is 0 Å². The summed E-state index contributed by atoms with van der Waals surface area (Å²) in [5.74, 6) is 0. The fraction of sp³-hybridized carbons (Fsp3) is 0.152. The number of ether oxygens (including phenoxy) is 1. The van der Waals surface area contributed by atoms with Gasteiger partial charge in [0.05, 0.1) is 34.2 Å². The van der Waals surface area contributed by atoms with Crippen molar-refractivity contribution in [2.45, 2.75) is 11.8 Å². The number of benzene rings is 2. The van der Waals surface area contributed by atoms with E-state index in [0.29, 0.717) is 30.4 Å². The molecule has 1 atom stereocenters. The van der Waals surface area contributed by atoms with Crippen LogP contribution in [0.25, 0.3) is 22.5 Å². The monoisotopic (exact) mass is 527 g/mol. The van der Waals surface area contributed by atoms with Crippen molar-refractivity contribution in [1.82, 2.24) is 19.9 Å². The Morgan fingerprint density at radius 3 is 1.85 bits per heavy atom. The Kier molecular flexibility index (Phi) is 7.25. The van der Waals surface area contributed by atoms with Gasteiger partial charge in [-0.3, -0.25) is 9.98 Å². The summed E-state index contributed by atoms with van der Waals surface area (Å²) < 4.78 is 5.52. The minimum absolute atomic E-state index is 0.319. The van der Waals surface area contributed by atoms with Gasteiger partial charge in [0.1, 0.15) is 12.9 Å². The Bertz CT molecular complexity index is 1530. The van der Waals surface area contributed by atoms with E-state index in [2.05, 4.69) is 4.98 Å². The first-order valence-electron chi connectivity index (χ1n) is 13.2. The molecule has 7 heteroatoms. The first kappa shape index (κ1) is 25.7. The number of hydrogen-bond donors (Lipinski definition) is 1. The SMILES string of the molecule is COCN1CC(C(O)(c2cccc(-c3ccccc3)n2)c2cccc(-c3ccccc3)n2)=NC1c1ccccn1. The van der Waals surface area contributed by atoms with Gasteiger partial charge in [-0.25, -0.2) is 14.9 Å². The van der Waals surface area contributed by atoms with Crippen LogP contribution in [0.3, 0.4) is 0 Å². The second kappa shape index (κ2) is 11.3. The molecule has 0 spiro atoms. The standard InChI is InChI=1S/C33H29N5O2/c1-40-23-38-22-31(37-32(38)28-16-8-9-21-34-28)33(39,29-19-10-17-26(35-29)24-12-4-2-5-13-24)30-20-11-18-27(36-30)25-14-6-3-7-15-25/h2-21,32,39H,22-23H2,1H3. The van der Waals surface area contributed by atoms with Gasteiger partial charge in [0.2, 0.25) is 0 Å². The maximum absolute atomic E-state index is 12.8. The van der Waals surface area contributed by atoms with Crippen LogP contribution in [0.1, 0.15) is 23.2 Å². The fourth-order valence-corrected chi connectivity index (χ4v) is 5.06. The Morgan fingerprint density at radius 1 is 0.750 bits per heavy atom. The van der Waals surface area contributed by atoms with E-state index >= 15 is 0 Å². The molecule has 1 aliphatic heterocycles.